The fourth-order valence-electron chi connectivity index (χ4n) is 2.38. The molecule has 0 radical (unpaired) electrons. The highest BCUT2D eigenvalue weighted by atomic mass is 35.5. The van der Waals surface area contributed by atoms with Gasteiger partial charge in [0.2, 0.25) is 0 Å². The Balaban J connectivity index is 1.85. The highest BCUT2D eigenvalue weighted by Crippen LogP contribution is 2.19. The summed E-state index contributed by atoms with van der Waals surface area (Å²) in [5.74, 6) is 0.356. The first-order valence-electron chi connectivity index (χ1n) is 6.35. The van der Waals surface area contributed by atoms with Gasteiger partial charge in [-0.25, -0.2) is 4.39 Å². The smallest absolute Gasteiger partial charge is 0.142 e. The van der Waals surface area contributed by atoms with E-state index in [4.69, 9.17) is 16.3 Å². The number of rotatable bonds is 4. The minimum absolute atomic E-state index is 0.186. The summed E-state index contributed by atoms with van der Waals surface area (Å²) in [7, 11) is 2.07. The molecule has 1 aromatic rings. The summed E-state index contributed by atoms with van der Waals surface area (Å²) in [6.07, 6.45) is 2.25. The van der Waals surface area contributed by atoms with Crippen molar-refractivity contribution < 1.29 is 9.13 Å². The van der Waals surface area contributed by atoms with E-state index in [0.29, 0.717) is 5.92 Å². The van der Waals surface area contributed by atoms with Gasteiger partial charge in [0.25, 0.3) is 0 Å². The molecule has 1 heterocycles. The molecule has 0 aliphatic carbocycles. The van der Waals surface area contributed by atoms with Gasteiger partial charge in [-0.3, -0.25) is 0 Å². The predicted octanol–water partition coefficient (Wildman–Crippen LogP) is 3.34. The summed E-state index contributed by atoms with van der Waals surface area (Å²) < 4.78 is 18.7. The third-order valence-corrected chi connectivity index (χ3v) is 3.65. The Morgan fingerprint density at radius 1 is 1.39 bits per heavy atom. The summed E-state index contributed by atoms with van der Waals surface area (Å²) >= 11 is 5.67. The molecule has 100 valence electrons. The molecule has 1 aliphatic heterocycles. The van der Waals surface area contributed by atoms with Gasteiger partial charge in [-0.2, -0.15) is 0 Å². The van der Waals surface area contributed by atoms with E-state index in [-0.39, 0.29) is 10.8 Å². The molecule has 0 spiro atoms. The van der Waals surface area contributed by atoms with Gasteiger partial charge in [0, 0.05) is 26.3 Å². The van der Waals surface area contributed by atoms with Gasteiger partial charge in [-0.1, -0.05) is 17.7 Å². The van der Waals surface area contributed by atoms with Crippen molar-refractivity contribution in [1.29, 1.82) is 0 Å². The van der Waals surface area contributed by atoms with E-state index in [1.54, 1.807) is 6.07 Å². The van der Waals surface area contributed by atoms with Crippen LogP contribution in [0.1, 0.15) is 18.4 Å². The zero-order valence-electron chi connectivity index (χ0n) is 10.7. The molecule has 1 saturated heterocycles. The van der Waals surface area contributed by atoms with Crippen molar-refractivity contribution in [2.24, 2.45) is 5.92 Å². The van der Waals surface area contributed by atoms with Crippen molar-refractivity contribution in [1.82, 2.24) is 4.90 Å². The minimum atomic E-state index is -0.339. The zero-order valence-corrected chi connectivity index (χ0v) is 11.4. The number of hydrogen-bond donors (Lipinski definition) is 0. The van der Waals surface area contributed by atoms with Crippen LogP contribution in [-0.2, 0) is 11.3 Å². The molecule has 4 heteroatoms. The van der Waals surface area contributed by atoms with Gasteiger partial charge in [0.05, 0.1) is 5.02 Å². The van der Waals surface area contributed by atoms with E-state index >= 15 is 0 Å². The molecule has 2 rings (SSSR count). The molecule has 0 N–H and O–H groups in total. The second-order valence-electron chi connectivity index (χ2n) is 5.00. The van der Waals surface area contributed by atoms with Gasteiger partial charge in [-0.05, 0) is 43.5 Å². The fraction of sp³-hybridized carbons (Fsp3) is 0.571. The van der Waals surface area contributed by atoms with Crippen LogP contribution >= 0.6 is 11.6 Å². The van der Waals surface area contributed by atoms with Crippen molar-refractivity contribution in [3.8, 4) is 0 Å². The van der Waals surface area contributed by atoms with Crippen molar-refractivity contribution in [3.05, 3.63) is 34.6 Å². The van der Waals surface area contributed by atoms with Gasteiger partial charge < -0.3 is 9.64 Å². The molecule has 0 bridgehead atoms. The van der Waals surface area contributed by atoms with Crippen LogP contribution in [0.4, 0.5) is 4.39 Å². The monoisotopic (exact) mass is 271 g/mol. The second-order valence-corrected chi connectivity index (χ2v) is 5.41. The molecule has 0 atom stereocenters. The maximum atomic E-state index is 13.3. The van der Waals surface area contributed by atoms with E-state index in [0.717, 1.165) is 44.7 Å². The molecule has 1 aliphatic rings. The van der Waals surface area contributed by atoms with E-state index < -0.39 is 0 Å². The van der Waals surface area contributed by atoms with E-state index in [1.165, 1.54) is 6.07 Å². The van der Waals surface area contributed by atoms with Crippen LogP contribution in [0.15, 0.2) is 18.2 Å². The van der Waals surface area contributed by atoms with Crippen molar-refractivity contribution in [2.75, 3.05) is 26.8 Å². The highest BCUT2D eigenvalue weighted by molar-refractivity contribution is 6.30. The third-order valence-electron chi connectivity index (χ3n) is 3.35. The number of nitrogens with zero attached hydrogens (tertiary/aromatic N) is 1. The summed E-state index contributed by atoms with van der Waals surface area (Å²) in [5.41, 5.74) is 0.964. The van der Waals surface area contributed by atoms with Gasteiger partial charge in [0.15, 0.2) is 0 Å². The van der Waals surface area contributed by atoms with E-state index in [2.05, 4.69) is 11.9 Å². The summed E-state index contributed by atoms with van der Waals surface area (Å²) in [6, 6.07) is 5.02. The normalized spacial score (nSPS) is 17.3. The van der Waals surface area contributed by atoms with E-state index in [1.807, 2.05) is 6.07 Å². The van der Waals surface area contributed by atoms with Crippen LogP contribution in [0.2, 0.25) is 5.02 Å². The minimum Gasteiger partial charge on any atom is -0.381 e. The van der Waals surface area contributed by atoms with Crippen LogP contribution in [0.25, 0.3) is 0 Å². The molecule has 0 aromatic heterocycles. The van der Waals surface area contributed by atoms with Crippen LogP contribution in [-0.4, -0.2) is 31.7 Å². The zero-order chi connectivity index (χ0) is 13.0. The van der Waals surface area contributed by atoms with Crippen LogP contribution in [0.5, 0.6) is 0 Å². The SMILES string of the molecule is CN(Cc1ccc(Cl)c(F)c1)CC1CCOCC1. The number of halogens is 2. The first kappa shape index (κ1) is 13.8. The molecular formula is C14H19ClFNO. The Hall–Kier alpha value is -0.640. The molecule has 0 saturated carbocycles. The first-order chi connectivity index (χ1) is 8.65. The lowest BCUT2D eigenvalue weighted by molar-refractivity contribution is 0.0549. The summed E-state index contributed by atoms with van der Waals surface area (Å²) in [4.78, 5) is 2.23. The average molecular weight is 272 g/mol. The Kier molecular flexibility index (Phi) is 4.98. The molecule has 0 amide bonds. The molecule has 0 unspecified atom stereocenters. The predicted molar refractivity (Wildman–Crippen MR) is 71.3 cm³/mol. The van der Waals surface area contributed by atoms with E-state index in [9.17, 15) is 4.39 Å². The molecular weight excluding hydrogens is 253 g/mol. The highest BCUT2D eigenvalue weighted by Gasteiger charge is 2.15. The largest absolute Gasteiger partial charge is 0.381 e. The fourth-order valence-corrected chi connectivity index (χ4v) is 2.50. The van der Waals surface area contributed by atoms with Crippen molar-refractivity contribution in [3.63, 3.8) is 0 Å². The molecule has 1 fully saturated rings. The molecule has 1 aromatic carbocycles. The lowest BCUT2D eigenvalue weighted by atomic mass is 10.00. The van der Waals surface area contributed by atoms with Gasteiger partial charge in [-0.15, -0.1) is 0 Å². The maximum Gasteiger partial charge on any atom is 0.142 e. The number of hydrogen-bond acceptors (Lipinski definition) is 2. The van der Waals surface area contributed by atoms with Crippen LogP contribution in [0.3, 0.4) is 0 Å². The van der Waals surface area contributed by atoms with Crippen molar-refractivity contribution >= 4 is 11.6 Å². The Morgan fingerprint density at radius 2 is 2.11 bits per heavy atom. The number of ether oxygens (including phenoxy) is 1. The second kappa shape index (κ2) is 6.50. The third kappa shape index (κ3) is 3.94. The maximum absolute atomic E-state index is 13.3. The lowest BCUT2D eigenvalue weighted by Gasteiger charge is -2.27. The average Bonchev–Trinajstić information content (AvgIpc) is 2.35. The van der Waals surface area contributed by atoms with Crippen molar-refractivity contribution in [2.45, 2.75) is 19.4 Å². The number of benzene rings is 1. The first-order valence-corrected chi connectivity index (χ1v) is 6.73. The topological polar surface area (TPSA) is 12.5 Å². The molecule has 2 nitrogen and oxygen atoms in total. The molecule has 18 heavy (non-hydrogen) atoms. The Bertz CT molecular complexity index is 393. The lowest BCUT2D eigenvalue weighted by Crippen LogP contribution is -2.29. The van der Waals surface area contributed by atoms with Gasteiger partial charge >= 0.3 is 0 Å². The summed E-state index contributed by atoms with van der Waals surface area (Å²) in [6.45, 7) is 3.53. The Morgan fingerprint density at radius 3 is 2.78 bits per heavy atom. The van der Waals surface area contributed by atoms with Crippen LogP contribution in [0, 0.1) is 11.7 Å². The Labute approximate surface area is 113 Å². The standard InChI is InChI=1S/C14H19ClFNO/c1-17(9-11-4-6-18-7-5-11)10-12-2-3-13(15)14(16)8-12/h2-3,8,11H,4-7,9-10H2,1H3. The van der Waals surface area contributed by atoms with Gasteiger partial charge in [0.1, 0.15) is 5.82 Å². The van der Waals surface area contributed by atoms with Crippen LogP contribution < -0.4 is 0 Å². The summed E-state index contributed by atoms with van der Waals surface area (Å²) in [5, 5.41) is 0.186. The quantitative estimate of drug-likeness (QED) is 0.833.